The van der Waals surface area contributed by atoms with Gasteiger partial charge in [0.15, 0.2) is 0 Å². The molecule has 3 N–H and O–H groups in total. The maximum absolute atomic E-state index is 12.2. The number of hydrogen-bond acceptors (Lipinski definition) is 4. The van der Waals surface area contributed by atoms with Gasteiger partial charge in [0.25, 0.3) is 11.8 Å². The van der Waals surface area contributed by atoms with E-state index in [1.54, 1.807) is 55.5 Å². The molecule has 0 aliphatic heterocycles. The quantitative estimate of drug-likeness (QED) is 0.613. The van der Waals surface area contributed by atoms with Crippen molar-refractivity contribution in [3.05, 3.63) is 70.7 Å². The van der Waals surface area contributed by atoms with Crippen LogP contribution in [0.3, 0.4) is 0 Å². The topological polar surface area (TPSA) is 87.7 Å². The fourth-order valence-corrected chi connectivity index (χ4v) is 2.56. The summed E-state index contributed by atoms with van der Waals surface area (Å²) in [7, 11) is 0. The predicted octanol–water partition coefficient (Wildman–Crippen LogP) is 2.27. The van der Waals surface area contributed by atoms with E-state index in [1.807, 2.05) is 6.07 Å². The summed E-state index contributed by atoms with van der Waals surface area (Å²) >= 11 is 5.81. The predicted molar refractivity (Wildman–Crippen MR) is 104 cm³/mol. The first-order chi connectivity index (χ1) is 13.0. The molecule has 2 aromatic rings. The smallest absolute Gasteiger partial charge is 0.251 e. The van der Waals surface area contributed by atoms with E-state index in [2.05, 4.69) is 10.6 Å². The van der Waals surface area contributed by atoms with Crippen molar-refractivity contribution in [2.24, 2.45) is 0 Å². The molecule has 0 radical (unpaired) electrons. The van der Waals surface area contributed by atoms with E-state index in [1.165, 1.54) is 0 Å². The van der Waals surface area contributed by atoms with Crippen molar-refractivity contribution in [2.75, 3.05) is 19.7 Å². The number of aliphatic hydroxyl groups is 1. The highest BCUT2D eigenvalue weighted by atomic mass is 35.5. The Kier molecular flexibility index (Phi) is 8.26. The zero-order valence-electron chi connectivity index (χ0n) is 15.0. The van der Waals surface area contributed by atoms with Gasteiger partial charge in [0.05, 0.1) is 6.10 Å². The summed E-state index contributed by atoms with van der Waals surface area (Å²) in [6, 6.07) is 15.2. The molecule has 0 saturated heterocycles. The van der Waals surface area contributed by atoms with Crippen molar-refractivity contribution in [1.82, 2.24) is 10.6 Å². The molecule has 27 heavy (non-hydrogen) atoms. The van der Waals surface area contributed by atoms with Crippen molar-refractivity contribution in [3.8, 4) is 0 Å². The summed E-state index contributed by atoms with van der Waals surface area (Å²) in [6.07, 6.45) is -1.62. The second-order valence-corrected chi connectivity index (χ2v) is 6.29. The van der Waals surface area contributed by atoms with Crippen molar-refractivity contribution in [1.29, 1.82) is 0 Å². The Morgan fingerprint density at radius 1 is 0.963 bits per heavy atom. The molecule has 0 saturated carbocycles. The number of nitrogens with one attached hydrogen (secondary N) is 2. The Morgan fingerprint density at radius 2 is 1.52 bits per heavy atom. The monoisotopic (exact) mass is 390 g/mol. The van der Waals surface area contributed by atoms with Gasteiger partial charge in [-0.2, -0.15) is 0 Å². The molecule has 2 rings (SSSR count). The SMILES string of the molecule is CCO[C@H](CNC(=O)c1ccc(Cl)cc1)[C@@H](O)CNC(=O)c1ccccc1. The van der Waals surface area contributed by atoms with Gasteiger partial charge in [0.1, 0.15) is 6.10 Å². The Balaban J connectivity index is 1.86. The second kappa shape index (κ2) is 10.7. The van der Waals surface area contributed by atoms with Crippen LogP contribution in [0.2, 0.25) is 5.02 Å². The molecule has 0 spiro atoms. The highest BCUT2D eigenvalue weighted by Gasteiger charge is 2.21. The normalized spacial score (nSPS) is 12.9. The Morgan fingerprint density at radius 3 is 2.11 bits per heavy atom. The van der Waals surface area contributed by atoms with Gasteiger partial charge in [-0.3, -0.25) is 9.59 Å². The van der Waals surface area contributed by atoms with Crippen LogP contribution < -0.4 is 10.6 Å². The number of hydrogen-bond donors (Lipinski definition) is 3. The van der Waals surface area contributed by atoms with Crippen LogP contribution in [0, 0.1) is 0 Å². The summed E-state index contributed by atoms with van der Waals surface area (Å²) in [5.74, 6) is -0.577. The van der Waals surface area contributed by atoms with E-state index in [0.717, 1.165) is 0 Å². The lowest BCUT2D eigenvalue weighted by atomic mass is 10.1. The maximum atomic E-state index is 12.2. The molecule has 7 heteroatoms. The summed E-state index contributed by atoms with van der Waals surface area (Å²) < 4.78 is 5.51. The van der Waals surface area contributed by atoms with Crippen LogP contribution in [0.4, 0.5) is 0 Å². The van der Waals surface area contributed by atoms with Crippen LogP contribution in [-0.2, 0) is 4.74 Å². The summed E-state index contributed by atoms with van der Waals surface area (Å²) in [5, 5.41) is 16.3. The molecule has 0 aliphatic carbocycles. The first-order valence-electron chi connectivity index (χ1n) is 8.68. The lowest BCUT2D eigenvalue weighted by Crippen LogP contribution is -2.46. The molecule has 2 atom stereocenters. The standard InChI is InChI=1S/C20H23ClN2O4/c1-2-27-18(13-23-20(26)15-8-10-16(21)11-9-15)17(24)12-22-19(25)14-6-4-3-5-7-14/h3-11,17-18,24H,2,12-13H2,1H3,(H,22,25)(H,23,26)/t17-,18+/m0/s1. The molecule has 0 heterocycles. The summed E-state index contributed by atoms with van der Waals surface area (Å²) in [6.45, 7) is 2.28. The highest BCUT2D eigenvalue weighted by Crippen LogP contribution is 2.09. The van der Waals surface area contributed by atoms with Gasteiger partial charge in [0, 0.05) is 35.8 Å². The van der Waals surface area contributed by atoms with E-state index >= 15 is 0 Å². The maximum Gasteiger partial charge on any atom is 0.251 e. The van der Waals surface area contributed by atoms with Gasteiger partial charge in [-0.15, -0.1) is 0 Å². The van der Waals surface area contributed by atoms with Crippen molar-refractivity contribution < 1.29 is 19.4 Å². The second-order valence-electron chi connectivity index (χ2n) is 5.85. The Labute approximate surface area is 163 Å². The number of carbonyl (C=O) groups excluding carboxylic acids is 2. The molecule has 0 unspecified atom stereocenters. The average molecular weight is 391 g/mol. The van der Waals surface area contributed by atoms with Crippen LogP contribution in [0.25, 0.3) is 0 Å². The lowest BCUT2D eigenvalue weighted by Gasteiger charge is -2.23. The third-order valence-electron chi connectivity index (χ3n) is 3.89. The molecule has 0 fully saturated rings. The van der Waals surface area contributed by atoms with Crippen molar-refractivity contribution in [2.45, 2.75) is 19.1 Å². The first-order valence-corrected chi connectivity index (χ1v) is 9.05. The molecule has 2 aromatic carbocycles. The zero-order valence-corrected chi connectivity index (χ0v) is 15.8. The number of benzene rings is 2. The van der Waals surface area contributed by atoms with Crippen LogP contribution in [0.1, 0.15) is 27.6 Å². The number of aliphatic hydroxyl groups excluding tert-OH is 1. The van der Waals surface area contributed by atoms with E-state index in [0.29, 0.717) is 22.8 Å². The molecule has 0 aromatic heterocycles. The number of halogens is 1. The van der Waals surface area contributed by atoms with Crippen LogP contribution >= 0.6 is 11.6 Å². The Hall–Kier alpha value is -2.41. The van der Waals surface area contributed by atoms with Crippen LogP contribution in [0.5, 0.6) is 0 Å². The van der Waals surface area contributed by atoms with E-state index in [9.17, 15) is 14.7 Å². The summed E-state index contributed by atoms with van der Waals surface area (Å²) in [5.41, 5.74) is 0.968. The lowest BCUT2D eigenvalue weighted by molar-refractivity contribution is -0.0287. The number of amides is 2. The van der Waals surface area contributed by atoms with E-state index in [-0.39, 0.29) is 24.9 Å². The van der Waals surface area contributed by atoms with Crippen molar-refractivity contribution >= 4 is 23.4 Å². The first kappa shape index (κ1) is 20.9. The summed E-state index contributed by atoms with van der Waals surface area (Å²) in [4.78, 5) is 24.2. The van der Waals surface area contributed by atoms with E-state index < -0.39 is 12.2 Å². The molecular formula is C20H23ClN2O4. The van der Waals surface area contributed by atoms with Gasteiger partial charge in [-0.1, -0.05) is 29.8 Å². The number of carbonyl (C=O) groups is 2. The van der Waals surface area contributed by atoms with Gasteiger partial charge in [0.2, 0.25) is 0 Å². The molecular weight excluding hydrogens is 368 g/mol. The third kappa shape index (κ3) is 6.67. The fourth-order valence-electron chi connectivity index (χ4n) is 2.44. The molecule has 0 aliphatic rings. The third-order valence-corrected chi connectivity index (χ3v) is 4.14. The molecule has 2 amide bonds. The zero-order chi connectivity index (χ0) is 19.6. The average Bonchev–Trinajstić information content (AvgIpc) is 2.70. The number of ether oxygens (including phenoxy) is 1. The molecule has 0 bridgehead atoms. The minimum atomic E-state index is -0.969. The number of rotatable bonds is 9. The largest absolute Gasteiger partial charge is 0.388 e. The minimum Gasteiger partial charge on any atom is -0.388 e. The van der Waals surface area contributed by atoms with Gasteiger partial charge in [-0.05, 0) is 43.3 Å². The van der Waals surface area contributed by atoms with E-state index in [4.69, 9.17) is 16.3 Å². The molecule has 6 nitrogen and oxygen atoms in total. The molecule has 144 valence electrons. The van der Waals surface area contributed by atoms with Crippen LogP contribution in [-0.4, -0.2) is 48.8 Å². The van der Waals surface area contributed by atoms with Crippen molar-refractivity contribution in [3.63, 3.8) is 0 Å². The van der Waals surface area contributed by atoms with Gasteiger partial charge >= 0.3 is 0 Å². The van der Waals surface area contributed by atoms with Gasteiger partial charge < -0.3 is 20.5 Å². The minimum absolute atomic E-state index is 0.00914. The fraction of sp³-hybridized carbons (Fsp3) is 0.300. The van der Waals surface area contributed by atoms with Gasteiger partial charge in [-0.25, -0.2) is 0 Å². The van der Waals surface area contributed by atoms with Crippen LogP contribution in [0.15, 0.2) is 54.6 Å². The Bertz CT molecular complexity index is 737. The highest BCUT2D eigenvalue weighted by molar-refractivity contribution is 6.30.